The van der Waals surface area contributed by atoms with Crippen molar-refractivity contribution in [3.8, 4) is 0 Å². The number of methoxy groups -OCH3 is 3. The Labute approximate surface area is 424 Å². The molecule has 7 rings (SSSR count). The Morgan fingerprint density at radius 2 is 1.09 bits per heavy atom. The molecule has 0 aromatic heterocycles. The first kappa shape index (κ1) is 68.5. The van der Waals surface area contributed by atoms with Gasteiger partial charge in [0, 0.05) is 60.7 Å². The first-order chi connectivity index (χ1) is 33.4. The Balaban J connectivity index is 0.000000782. The van der Waals surface area contributed by atoms with Crippen LogP contribution in [0.3, 0.4) is 0 Å². The lowest BCUT2D eigenvalue weighted by molar-refractivity contribution is -0.239. The fourth-order valence-electron chi connectivity index (χ4n) is 7.08. The summed E-state index contributed by atoms with van der Waals surface area (Å²) in [6, 6.07) is 9.66. The predicted molar refractivity (Wildman–Crippen MR) is 274 cm³/mol. The van der Waals surface area contributed by atoms with Gasteiger partial charge in [-0.1, -0.05) is 83.7 Å². The largest absolute Gasteiger partial charge is 0.396 e. The zero-order valence-corrected chi connectivity index (χ0v) is 46.0. The third-order valence-corrected chi connectivity index (χ3v) is 11.6. The van der Waals surface area contributed by atoms with Gasteiger partial charge in [-0.25, -0.2) is 0 Å². The molecule has 2 unspecified atom stereocenters. The molecule has 6 aliphatic rings. The molecule has 1 aromatic carbocycles. The zero-order chi connectivity index (χ0) is 52.8. The van der Waals surface area contributed by atoms with Gasteiger partial charge in [0.05, 0.1) is 59.5 Å². The lowest BCUT2D eigenvalue weighted by Crippen LogP contribution is -2.42. The standard InChI is InChI=1S/C9H12O2.C8H17NO2.C8H16O.C6H13NO2.C5H9NO2.C5H11NO2.C5H13NO2.C5H12O/c1-11-9(7-10)8-5-3-2-4-6-8;1-11-8(7-10)9-5-3-2-4-6-9;1-8(7-9)5-3-2-4-6-8;1-7(2)6-8-4-3-5-9-6;1-3-7-5-6(1)2-4-8-5;1-6(2)5-7-3-4-8-5;1-6(2)5(4-7)8-3;1-5(2,3)4-6/h2-6,9-10H,7H2,1H3;8,10H,2-7H2,1H3;9H,2-7H2,1H3;6H,3-5H2,1-2H3;5H,1-4H2;5H,3-4H2,1-2H3;5,7H,4H2,1-3H3;6H,4H2,1-3H3/t9-;;;;;;;/m0......./s1. The molecular formula is C51H103N5O14. The van der Waals surface area contributed by atoms with E-state index >= 15 is 0 Å². The van der Waals surface area contributed by atoms with Gasteiger partial charge in [-0.2, -0.15) is 0 Å². The van der Waals surface area contributed by atoms with Gasteiger partial charge in [-0.15, -0.1) is 0 Å². The Bertz CT molecular complexity index is 1240. The molecule has 3 atom stereocenters. The molecule has 5 saturated heterocycles. The van der Waals surface area contributed by atoms with E-state index in [1.165, 1.54) is 51.4 Å². The minimum atomic E-state index is -0.184. The van der Waals surface area contributed by atoms with Gasteiger partial charge in [-0.3, -0.25) is 24.5 Å². The average molecular weight is 1010 g/mol. The van der Waals surface area contributed by atoms with E-state index in [1.807, 2.05) is 103 Å². The van der Waals surface area contributed by atoms with Crippen molar-refractivity contribution in [2.45, 2.75) is 123 Å². The molecule has 416 valence electrons. The number of fused-ring (bicyclic) bond motifs is 1. The first-order valence-corrected chi connectivity index (χ1v) is 25.2. The SMILES string of the molecule is C1CN2CCOC2O1.CC(C)(C)CO.CC1(CO)CCCCC1.CN(C)C1OCCCO1.CN(C)C1OCCO1.COC(CO)N(C)C.COC(CO)N1CCCCC1.CO[C@@H](CO)c1ccccc1. The van der Waals surface area contributed by atoms with Crippen LogP contribution < -0.4 is 0 Å². The van der Waals surface area contributed by atoms with E-state index < -0.39 is 0 Å². The molecule has 1 saturated carbocycles. The predicted octanol–water partition coefficient (Wildman–Crippen LogP) is 4.07. The van der Waals surface area contributed by atoms with Gasteiger partial charge >= 0.3 is 0 Å². The molecule has 5 N–H and O–H groups in total. The van der Waals surface area contributed by atoms with Crippen molar-refractivity contribution < 1.29 is 68.2 Å². The summed E-state index contributed by atoms with van der Waals surface area (Å²) >= 11 is 0. The number of hydrogen-bond acceptors (Lipinski definition) is 19. The minimum absolute atomic E-state index is 0.00926. The molecule has 6 fully saturated rings. The van der Waals surface area contributed by atoms with E-state index in [-0.39, 0.29) is 75.1 Å². The number of nitrogens with zero attached hydrogens (tertiary/aromatic N) is 5. The number of hydrogen-bond donors (Lipinski definition) is 5. The normalized spacial score (nSPS) is 20.9. The Morgan fingerprint density at radius 3 is 1.39 bits per heavy atom. The van der Waals surface area contributed by atoms with Gasteiger partial charge in [0.15, 0.2) is 0 Å². The molecule has 5 heterocycles. The van der Waals surface area contributed by atoms with Crippen LogP contribution >= 0.6 is 0 Å². The molecule has 70 heavy (non-hydrogen) atoms. The summed E-state index contributed by atoms with van der Waals surface area (Å²) in [5, 5.41) is 43.6. The lowest BCUT2D eigenvalue weighted by atomic mass is 9.76. The van der Waals surface area contributed by atoms with Crippen molar-refractivity contribution in [2.24, 2.45) is 10.8 Å². The summed E-state index contributed by atoms with van der Waals surface area (Å²) in [6.07, 6.45) is 10.6. The van der Waals surface area contributed by atoms with Crippen LogP contribution in [0.2, 0.25) is 0 Å². The number of aliphatic hydroxyl groups excluding tert-OH is 5. The molecular weight excluding hydrogens is 907 g/mol. The molecule has 5 aliphatic heterocycles. The van der Waals surface area contributed by atoms with Crippen LogP contribution in [0.25, 0.3) is 0 Å². The smallest absolute Gasteiger partial charge is 0.218 e. The summed E-state index contributed by atoms with van der Waals surface area (Å²) in [5.74, 6) is 0. The van der Waals surface area contributed by atoms with Gasteiger partial charge in [-0.05, 0) is 90.8 Å². The summed E-state index contributed by atoms with van der Waals surface area (Å²) in [6.45, 7) is 18.0. The highest BCUT2D eigenvalue weighted by Gasteiger charge is 2.30. The molecule has 0 bridgehead atoms. The second-order valence-corrected chi connectivity index (χ2v) is 19.8. The van der Waals surface area contributed by atoms with E-state index in [1.54, 1.807) is 26.2 Å². The topological polar surface area (TPSA) is 200 Å². The second kappa shape index (κ2) is 41.8. The maximum absolute atomic E-state index is 8.95. The van der Waals surface area contributed by atoms with E-state index in [4.69, 9.17) is 68.2 Å². The molecule has 0 spiro atoms. The summed E-state index contributed by atoms with van der Waals surface area (Å²) in [7, 11) is 16.2. The molecule has 1 aromatic rings. The maximum Gasteiger partial charge on any atom is 0.218 e. The van der Waals surface area contributed by atoms with Crippen molar-refractivity contribution in [2.75, 3.05) is 162 Å². The van der Waals surface area contributed by atoms with Crippen LogP contribution in [0.5, 0.6) is 0 Å². The third-order valence-electron chi connectivity index (χ3n) is 11.6. The van der Waals surface area contributed by atoms with Crippen molar-refractivity contribution in [1.82, 2.24) is 24.5 Å². The van der Waals surface area contributed by atoms with Crippen LogP contribution in [0.4, 0.5) is 0 Å². The Hall–Kier alpha value is -1.54. The monoisotopic (exact) mass is 1010 g/mol. The highest BCUT2D eigenvalue weighted by molar-refractivity contribution is 5.17. The lowest BCUT2D eigenvalue weighted by Gasteiger charge is -2.32. The maximum atomic E-state index is 8.95. The summed E-state index contributed by atoms with van der Waals surface area (Å²) in [4.78, 5) is 10.0. The minimum Gasteiger partial charge on any atom is -0.396 e. The number of rotatable bonds is 12. The van der Waals surface area contributed by atoms with Crippen LogP contribution in [0, 0.1) is 10.8 Å². The quantitative estimate of drug-likeness (QED) is 0.188. The average Bonchev–Trinajstić information content (AvgIpc) is 4.18. The fourth-order valence-corrected chi connectivity index (χ4v) is 7.08. The third kappa shape index (κ3) is 32.6. The molecule has 19 heteroatoms. The number of aliphatic hydroxyl groups is 5. The molecule has 0 amide bonds. The van der Waals surface area contributed by atoms with Crippen molar-refractivity contribution in [1.29, 1.82) is 0 Å². The molecule has 1 aliphatic carbocycles. The fraction of sp³-hybridized carbons (Fsp3) is 0.882. The van der Waals surface area contributed by atoms with Gasteiger partial charge in [0.2, 0.25) is 19.2 Å². The van der Waals surface area contributed by atoms with Crippen LogP contribution in [0.1, 0.15) is 97.1 Å². The summed E-state index contributed by atoms with van der Waals surface area (Å²) < 4.78 is 46.1. The highest BCUT2D eigenvalue weighted by Crippen LogP contribution is 2.34. The first-order valence-electron chi connectivity index (χ1n) is 25.2. The summed E-state index contributed by atoms with van der Waals surface area (Å²) in [5.41, 5.74) is 1.38. The second-order valence-electron chi connectivity index (χ2n) is 19.8. The van der Waals surface area contributed by atoms with Gasteiger partial charge in [0.25, 0.3) is 0 Å². The van der Waals surface area contributed by atoms with Crippen molar-refractivity contribution in [3.63, 3.8) is 0 Å². The van der Waals surface area contributed by atoms with Gasteiger partial charge < -0.3 is 68.2 Å². The number of benzene rings is 1. The van der Waals surface area contributed by atoms with Gasteiger partial charge in [0.1, 0.15) is 18.6 Å². The van der Waals surface area contributed by atoms with Crippen LogP contribution in [-0.4, -0.2) is 244 Å². The van der Waals surface area contributed by atoms with E-state index in [0.717, 1.165) is 77.8 Å². The number of ether oxygens (including phenoxy) is 9. The Morgan fingerprint density at radius 1 is 0.600 bits per heavy atom. The number of piperidine rings is 1. The van der Waals surface area contributed by atoms with E-state index in [9.17, 15) is 0 Å². The Kier molecular flexibility index (Phi) is 40.9. The van der Waals surface area contributed by atoms with E-state index in [2.05, 4.69) is 16.7 Å². The highest BCUT2D eigenvalue weighted by atomic mass is 16.7. The number of likely N-dealkylation sites (N-methyl/N-ethyl adjacent to an activating group) is 1. The van der Waals surface area contributed by atoms with Crippen LogP contribution in [-0.2, 0) is 42.6 Å². The molecule has 0 radical (unpaired) electrons. The van der Waals surface area contributed by atoms with Crippen molar-refractivity contribution >= 4 is 0 Å². The van der Waals surface area contributed by atoms with Crippen molar-refractivity contribution in [3.05, 3.63) is 35.9 Å². The van der Waals surface area contributed by atoms with E-state index in [0.29, 0.717) is 6.61 Å². The molecule has 19 nitrogen and oxygen atoms in total. The van der Waals surface area contributed by atoms with Crippen LogP contribution in [0.15, 0.2) is 30.3 Å². The number of likely N-dealkylation sites (tertiary alicyclic amines) is 1. The zero-order valence-electron chi connectivity index (χ0n) is 46.0.